The first-order chi connectivity index (χ1) is 35.6. The van der Waals surface area contributed by atoms with E-state index in [1.54, 1.807) is 0 Å². The van der Waals surface area contributed by atoms with Crippen molar-refractivity contribution in [3.63, 3.8) is 0 Å². The lowest BCUT2D eigenvalue weighted by Crippen LogP contribution is -2.61. The maximum atomic E-state index is 13.1. The summed E-state index contributed by atoms with van der Waals surface area (Å²) in [6.45, 7) is 5.73. The highest BCUT2D eigenvalue weighted by molar-refractivity contribution is 5.74. The van der Waals surface area contributed by atoms with Crippen LogP contribution >= 0.6 is 0 Å². The molecule has 0 aromatic carbocycles. The summed E-state index contributed by atoms with van der Waals surface area (Å²) in [4.78, 5) is 51.0. The lowest BCUT2D eigenvalue weighted by Gasteiger charge is -2.40. The molecule has 6 unspecified atom stereocenters. The van der Waals surface area contributed by atoms with E-state index >= 15 is 0 Å². The third kappa shape index (κ3) is 39.3. The van der Waals surface area contributed by atoms with Crippen LogP contribution in [0.5, 0.6) is 0 Å². The maximum absolute atomic E-state index is 13.1. The van der Waals surface area contributed by atoms with Gasteiger partial charge in [0.05, 0.1) is 6.61 Å². The number of aliphatic hydroxyl groups is 2. The number of carboxylic acids is 1. The van der Waals surface area contributed by atoms with Gasteiger partial charge in [-0.15, -0.1) is 0 Å². The number of allylic oxidation sites excluding steroid dienone is 12. The number of aliphatic hydroxyl groups excluding tert-OH is 2. The fourth-order valence-corrected chi connectivity index (χ4v) is 8.40. The van der Waals surface area contributed by atoms with Crippen LogP contribution in [0.25, 0.3) is 0 Å². The first-order valence-electron chi connectivity index (χ1n) is 28.9. The summed E-state index contributed by atoms with van der Waals surface area (Å²) in [5, 5.41) is 31.4. The van der Waals surface area contributed by atoms with Gasteiger partial charge in [0.25, 0.3) is 0 Å². The van der Waals surface area contributed by atoms with Gasteiger partial charge in [0.2, 0.25) is 0 Å². The van der Waals surface area contributed by atoms with E-state index in [0.29, 0.717) is 19.3 Å². The molecule has 0 bridgehead atoms. The molecule has 0 saturated carbocycles. The number of ether oxygens (including phenoxy) is 5. The Kier molecular flexibility index (Phi) is 45.1. The molecule has 0 amide bonds. The fourth-order valence-electron chi connectivity index (χ4n) is 8.40. The standard InChI is InChI=1S/C61H102O12/c1-4-7-10-13-16-19-22-25-27-30-32-35-38-41-44-47-53(62)69-50-52(71-54(63)48-45-42-39-36-33-29-24-21-18-15-12-9-6-3)51-70-61-59(57(66)56(65)58(73-61)60(67)68)72-55(64)49-46-43-40-37-34-31-28-26-23-20-17-14-11-8-5-2/h7,9-10,12,16,18-19,21,25,27,29,33,52,56-59,61,65-66H,4-6,8,11,13-15,17,20,22-24,26,28,30-32,34-51H2,1-3H3,(H,67,68)/b10-7-,12-9-,19-16-,21-18-,27-25-,33-29-. The number of carboxylic acid groups (broad SMARTS) is 1. The zero-order chi connectivity index (χ0) is 53.3. The van der Waals surface area contributed by atoms with Crippen LogP contribution in [0.15, 0.2) is 72.9 Å². The summed E-state index contributed by atoms with van der Waals surface area (Å²) >= 11 is 0. The minimum absolute atomic E-state index is 0.0564. The number of unbranched alkanes of at least 4 members (excludes halogenated alkanes) is 22. The maximum Gasteiger partial charge on any atom is 0.335 e. The molecule has 3 N–H and O–H groups in total. The van der Waals surface area contributed by atoms with Crippen molar-refractivity contribution < 1.29 is 58.2 Å². The van der Waals surface area contributed by atoms with E-state index in [9.17, 15) is 34.5 Å². The highest BCUT2D eigenvalue weighted by atomic mass is 16.7. The average molecular weight is 1030 g/mol. The summed E-state index contributed by atoms with van der Waals surface area (Å²) in [6.07, 6.45) is 48.8. The average Bonchev–Trinajstić information content (AvgIpc) is 3.37. The van der Waals surface area contributed by atoms with Crippen LogP contribution in [-0.2, 0) is 42.9 Å². The molecule has 1 aliphatic rings. The lowest BCUT2D eigenvalue weighted by atomic mass is 9.98. The number of rotatable bonds is 48. The predicted molar refractivity (Wildman–Crippen MR) is 294 cm³/mol. The summed E-state index contributed by atoms with van der Waals surface area (Å²) in [5.41, 5.74) is 0. The van der Waals surface area contributed by atoms with E-state index in [0.717, 1.165) is 116 Å². The molecular weight excluding hydrogens is 925 g/mol. The Morgan fingerprint density at radius 1 is 0.466 bits per heavy atom. The molecule has 12 nitrogen and oxygen atoms in total. The van der Waals surface area contributed by atoms with Gasteiger partial charge < -0.3 is 39.0 Å². The fraction of sp³-hybridized carbons (Fsp3) is 0.738. The van der Waals surface area contributed by atoms with Gasteiger partial charge in [-0.25, -0.2) is 4.79 Å². The second kappa shape index (κ2) is 49.1. The lowest BCUT2D eigenvalue weighted by molar-refractivity contribution is -0.301. The van der Waals surface area contributed by atoms with Crippen LogP contribution in [0.3, 0.4) is 0 Å². The molecule has 1 saturated heterocycles. The van der Waals surface area contributed by atoms with Gasteiger partial charge in [0.15, 0.2) is 24.6 Å². The first-order valence-corrected chi connectivity index (χ1v) is 28.9. The number of carbonyl (C=O) groups excluding carboxylic acids is 3. The Bertz CT molecular complexity index is 1550. The molecule has 6 atom stereocenters. The second-order valence-electron chi connectivity index (χ2n) is 19.5. The topological polar surface area (TPSA) is 175 Å². The Balaban J connectivity index is 2.72. The minimum atomic E-state index is -1.91. The minimum Gasteiger partial charge on any atom is -0.479 e. The van der Waals surface area contributed by atoms with Crippen LogP contribution in [0.1, 0.15) is 239 Å². The van der Waals surface area contributed by atoms with Crippen molar-refractivity contribution in [2.45, 2.75) is 276 Å². The molecule has 12 heteroatoms. The van der Waals surface area contributed by atoms with Crippen LogP contribution in [-0.4, -0.2) is 89.2 Å². The summed E-state index contributed by atoms with van der Waals surface area (Å²) in [5.74, 6) is -3.18. The molecule has 418 valence electrons. The van der Waals surface area contributed by atoms with Crippen LogP contribution in [0.2, 0.25) is 0 Å². The molecular formula is C61H102O12. The number of aliphatic carboxylic acids is 1. The zero-order valence-corrected chi connectivity index (χ0v) is 45.9. The summed E-state index contributed by atoms with van der Waals surface area (Å²) in [7, 11) is 0. The Morgan fingerprint density at radius 3 is 1.33 bits per heavy atom. The molecule has 1 rings (SSSR count). The van der Waals surface area contributed by atoms with Crippen LogP contribution < -0.4 is 0 Å². The molecule has 0 aliphatic carbocycles. The van der Waals surface area contributed by atoms with Crippen molar-refractivity contribution in [3.8, 4) is 0 Å². The van der Waals surface area contributed by atoms with Gasteiger partial charge in [-0.2, -0.15) is 0 Å². The van der Waals surface area contributed by atoms with E-state index in [4.69, 9.17) is 23.7 Å². The molecule has 73 heavy (non-hydrogen) atoms. The Hall–Kier alpha value is -3.84. The van der Waals surface area contributed by atoms with Gasteiger partial charge in [0.1, 0.15) is 18.8 Å². The molecule has 0 aromatic rings. The second-order valence-corrected chi connectivity index (χ2v) is 19.5. The monoisotopic (exact) mass is 1030 g/mol. The summed E-state index contributed by atoms with van der Waals surface area (Å²) < 4.78 is 28.4. The van der Waals surface area contributed by atoms with E-state index < -0.39 is 67.3 Å². The van der Waals surface area contributed by atoms with Gasteiger partial charge >= 0.3 is 23.9 Å². The first kappa shape index (κ1) is 67.2. The largest absolute Gasteiger partial charge is 0.479 e. The van der Waals surface area contributed by atoms with Crippen molar-refractivity contribution >= 4 is 23.9 Å². The zero-order valence-electron chi connectivity index (χ0n) is 45.9. The van der Waals surface area contributed by atoms with E-state index in [1.807, 2.05) is 0 Å². The van der Waals surface area contributed by atoms with E-state index in [-0.39, 0.29) is 25.9 Å². The van der Waals surface area contributed by atoms with Crippen LogP contribution in [0, 0.1) is 0 Å². The molecule has 1 aliphatic heterocycles. The van der Waals surface area contributed by atoms with E-state index in [2.05, 4.69) is 93.7 Å². The smallest absolute Gasteiger partial charge is 0.335 e. The molecule has 1 fully saturated rings. The van der Waals surface area contributed by atoms with Gasteiger partial charge in [-0.1, -0.05) is 209 Å². The van der Waals surface area contributed by atoms with Crippen molar-refractivity contribution in [2.24, 2.45) is 0 Å². The van der Waals surface area contributed by atoms with Gasteiger partial charge in [-0.3, -0.25) is 14.4 Å². The third-order valence-electron chi connectivity index (χ3n) is 12.8. The highest BCUT2D eigenvalue weighted by Crippen LogP contribution is 2.26. The van der Waals surface area contributed by atoms with Gasteiger partial charge in [0, 0.05) is 19.3 Å². The van der Waals surface area contributed by atoms with E-state index in [1.165, 1.54) is 64.2 Å². The molecule has 0 radical (unpaired) electrons. The predicted octanol–water partition coefficient (Wildman–Crippen LogP) is 14.6. The number of hydrogen-bond acceptors (Lipinski definition) is 11. The Labute approximate surface area is 442 Å². The third-order valence-corrected chi connectivity index (χ3v) is 12.8. The number of carbonyl (C=O) groups is 4. The molecule has 0 aromatic heterocycles. The quantitative estimate of drug-likeness (QED) is 0.0228. The van der Waals surface area contributed by atoms with Crippen molar-refractivity contribution in [2.75, 3.05) is 13.2 Å². The Morgan fingerprint density at radius 2 is 0.863 bits per heavy atom. The van der Waals surface area contributed by atoms with Crippen molar-refractivity contribution in [3.05, 3.63) is 72.9 Å². The SMILES string of the molecule is CC/C=C\C/C=C\C/C=C\CCCCCCCC(=O)OCC(COC1OC(C(=O)O)C(O)C(O)C1OC(=O)CCCCCCCCCCCCCCCCC)OC(=O)CCCCC/C=C\C/C=C\C/C=C\CC. The van der Waals surface area contributed by atoms with Gasteiger partial charge in [-0.05, 0) is 83.5 Å². The number of hydrogen-bond donors (Lipinski definition) is 3. The summed E-state index contributed by atoms with van der Waals surface area (Å²) in [6, 6.07) is 0. The molecule has 0 spiro atoms. The molecule has 1 heterocycles. The van der Waals surface area contributed by atoms with Crippen molar-refractivity contribution in [1.82, 2.24) is 0 Å². The number of esters is 3. The highest BCUT2D eigenvalue weighted by Gasteiger charge is 2.50. The van der Waals surface area contributed by atoms with Crippen molar-refractivity contribution in [1.29, 1.82) is 0 Å². The van der Waals surface area contributed by atoms with Crippen LogP contribution in [0.4, 0.5) is 0 Å². The normalized spacial score (nSPS) is 18.8.